The lowest BCUT2D eigenvalue weighted by molar-refractivity contribution is -0.0586. The van der Waals surface area contributed by atoms with Gasteiger partial charge in [0.1, 0.15) is 5.82 Å². The summed E-state index contributed by atoms with van der Waals surface area (Å²) in [5, 5.41) is 0. The topological polar surface area (TPSA) is 75.7 Å². The molecule has 2 atom stereocenters. The van der Waals surface area contributed by atoms with Gasteiger partial charge < -0.3 is 9.64 Å². The Labute approximate surface area is 129 Å². The highest BCUT2D eigenvalue weighted by atomic mass is 32.2. The number of nitrogens with one attached hydrogen (secondary N) is 1. The number of anilines is 1. The van der Waals surface area contributed by atoms with E-state index in [4.69, 9.17) is 4.74 Å². The fourth-order valence-corrected chi connectivity index (χ4v) is 3.07. The van der Waals surface area contributed by atoms with Crippen LogP contribution in [0, 0.1) is 5.82 Å². The van der Waals surface area contributed by atoms with Gasteiger partial charge in [0.15, 0.2) is 0 Å². The number of carbonyl (C=O) groups is 1. The van der Waals surface area contributed by atoms with Crippen molar-refractivity contribution in [2.24, 2.45) is 0 Å². The summed E-state index contributed by atoms with van der Waals surface area (Å²) in [4.78, 5) is 14.2. The quantitative estimate of drug-likeness (QED) is 0.910. The van der Waals surface area contributed by atoms with Gasteiger partial charge in [0.25, 0.3) is 5.91 Å². The molecule has 0 aliphatic carbocycles. The monoisotopic (exact) mass is 330 g/mol. The number of hydrogen-bond acceptors (Lipinski definition) is 4. The molecule has 0 aromatic heterocycles. The molecule has 6 nitrogen and oxygen atoms in total. The Morgan fingerprint density at radius 2 is 1.91 bits per heavy atom. The largest absolute Gasteiger partial charge is 0.372 e. The summed E-state index contributed by atoms with van der Waals surface area (Å²) in [6.07, 6.45) is 0.712. The van der Waals surface area contributed by atoms with Crippen molar-refractivity contribution in [2.75, 3.05) is 24.1 Å². The third kappa shape index (κ3) is 4.17. The molecular weight excluding hydrogens is 311 g/mol. The van der Waals surface area contributed by atoms with Gasteiger partial charge in [0.05, 0.1) is 29.7 Å². The number of nitrogens with zero attached hydrogens (tertiary/aromatic N) is 1. The van der Waals surface area contributed by atoms with Crippen molar-refractivity contribution < 1.29 is 22.3 Å². The second-order valence-electron chi connectivity index (χ2n) is 5.53. The molecular formula is C14H19FN2O4S. The van der Waals surface area contributed by atoms with Crippen molar-refractivity contribution in [3.05, 3.63) is 29.6 Å². The summed E-state index contributed by atoms with van der Waals surface area (Å²) in [7, 11) is -3.57. The lowest BCUT2D eigenvalue weighted by Gasteiger charge is -2.35. The second kappa shape index (κ2) is 6.21. The van der Waals surface area contributed by atoms with Crippen LogP contribution in [0.5, 0.6) is 0 Å². The first kappa shape index (κ1) is 16.7. The molecule has 1 aliphatic rings. The smallest absolute Gasteiger partial charge is 0.256 e. The van der Waals surface area contributed by atoms with Crippen molar-refractivity contribution in [3.8, 4) is 0 Å². The summed E-state index contributed by atoms with van der Waals surface area (Å²) >= 11 is 0. The highest BCUT2D eigenvalue weighted by molar-refractivity contribution is 7.92. The lowest BCUT2D eigenvalue weighted by atomic mass is 10.1. The lowest BCUT2D eigenvalue weighted by Crippen LogP contribution is -2.48. The van der Waals surface area contributed by atoms with Crippen molar-refractivity contribution in [1.82, 2.24) is 4.90 Å². The van der Waals surface area contributed by atoms with E-state index in [1.54, 1.807) is 4.90 Å². The normalized spacial score (nSPS) is 22.5. The zero-order valence-electron chi connectivity index (χ0n) is 12.7. The summed E-state index contributed by atoms with van der Waals surface area (Å²) in [5.41, 5.74) is 0.0624. The Morgan fingerprint density at radius 1 is 1.32 bits per heavy atom. The van der Waals surface area contributed by atoms with E-state index >= 15 is 0 Å². The Bertz CT molecular complexity index is 667. The first-order valence-corrected chi connectivity index (χ1v) is 8.77. The summed E-state index contributed by atoms with van der Waals surface area (Å²) in [6, 6.07) is 3.40. The maximum Gasteiger partial charge on any atom is 0.256 e. The van der Waals surface area contributed by atoms with Gasteiger partial charge >= 0.3 is 0 Å². The second-order valence-corrected chi connectivity index (χ2v) is 7.28. The predicted molar refractivity (Wildman–Crippen MR) is 80.8 cm³/mol. The van der Waals surface area contributed by atoms with E-state index < -0.39 is 21.7 Å². The van der Waals surface area contributed by atoms with Crippen LogP contribution in [0.1, 0.15) is 24.2 Å². The first-order valence-electron chi connectivity index (χ1n) is 6.88. The number of ether oxygens (including phenoxy) is 1. The Hall–Kier alpha value is -1.67. The zero-order valence-corrected chi connectivity index (χ0v) is 13.5. The standard InChI is InChI=1S/C14H19FN2O4S/c1-9-7-17(8-10(2)21-9)14(18)12-6-11(15)4-5-13(12)16-22(3,19)20/h4-6,9-10,16H,7-8H2,1-3H3. The Morgan fingerprint density at radius 3 is 2.45 bits per heavy atom. The molecule has 0 bridgehead atoms. The molecule has 22 heavy (non-hydrogen) atoms. The molecule has 1 saturated heterocycles. The molecule has 0 saturated carbocycles. The molecule has 1 heterocycles. The molecule has 0 radical (unpaired) electrons. The number of benzene rings is 1. The number of hydrogen-bond donors (Lipinski definition) is 1. The van der Waals surface area contributed by atoms with E-state index in [-0.39, 0.29) is 23.5 Å². The molecule has 1 aromatic carbocycles. The van der Waals surface area contributed by atoms with Gasteiger partial charge in [0, 0.05) is 13.1 Å². The van der Waals surface area contributed by atoms with Gasteiger partial charge in [-0.3, -0.25) is 9.52 Å². The summed E-state index contributed by atoms with van der Waals surface area (Å²) in [6.45, 7) is 4.43. The van der Waals surface area contributed by atoms with Crippen LogP contribution in [-0.4, -0.2) is 50.8 Å². The van der Waals surface area contributed by atoms with Gasteiger partial charge in [0.2, 0.25) is 10.0 Å². The molecule has 1 aromatic rings. The average Bonchev–Trinajstić information content (AvgIpc) is 2.37. The van der Waals surface area contributed by atoms with Crippen LogP contribution in [0.15, 0.2) is 18.2 Å². The first-order chi connectivity index (χ1) is 10.2. The van der Waals surface area contributed by atoms with Crippen molar-refractivity contribution >= 4 is 21.6 Å². The Balaban J connectivity index is 2.34. The molecule has 0 spiro atoms. The minimum absolute atomic E-state index is 0.00766. The van der Waals surface area contributed by atoms with Crippen LogP contribution in [0.2, 0.25) is 0 Å². The highest BCUT2D eigenvalue weighted by Gasteiger charge is 2.28. The molecule has 1 fully saturated rings. The fourth-order valence-electron chi connectivity index (χ4n) is 2.50. The molecule has 8 heteroatoms. The molecule has 1 aliphatic heterocycles. The fraction of sp³-hybridized carbons (Fsp3) is 0.500. The van der Waals surface area contributed by atoms with Crippen molar-refractivity contribution in [3.63, 3.8) is 0 Å². The van der Waals surface area contributed by atoms with Crippen LogP contribution in [-0.2, 0) is 14.8 Å². The van der Waals surface area contributed by atoms with Crippen LogP contribution in [0.3, 0.4) is 0 Å². The number of halogens is 1. The van der Waals surface area contributed by atoms with E-state index in [2.05, 4.69) is 4.72 Å². The summed E-state index contributed by atoms with van der Waals surface area (Å²) in [5.74, 6) is -1.02. The molecule has 2 rings (SSSR count). The van der Waals surface area contributed by atoms with Gasteiger partial charge in [-0.2, -0.15) is 0 Å². The minimum atomic E-state index is -3.57. The number of amides is 1. The van der Waals surface area contributed by atoms with E-state index in [0.717, 1.165) is 18.4 Å². The molecule has 2 unspecified atom stereocenters. The molecule has 1 N–H and O–H groups in total. The van der Waals surface area contributed by atoms with Crippen LogP contribution < -0.4 is 4.72 Å². The Kier molecular flexibility index (Phi) is 4.72. The van der Waals surface area contributed by atoms with E-state index in [1.807, 2.05) is 13.8 Å². The van der Waals surface area contributed by atoms with E-state index in [0.29, 0.717) is 13.1 Å². The van der Waals surface area contributed by atoms with Crippen molar-refractivity contribution in [1.29, 1.82) is 0 Å². The van der Waals surface area contributed by atoms with Crippen LogP contribution >= 0.6 is 0 Å². The maximum atomic E-state index is 13.5. The summed E-state index contributed by atoms with van der Waals surface area (Å²) < 4.78 is 44.1. The number of morpholine rings is 1. The number of sulfonamides is 1. The third-order valence-electron chi connectivity index (χ3n) is 3.21. The predicted octanol–water partition coefficient (Wildman–Crippen LogP) is 1.45. The maximum absolute atomic E-state index is 13.5. The van der Waals surface area contributed by atoms with Gasteiger partial charge in [-0.25, -0.2) is 12.8 Å². The SMILES string of the molecule is CC1CN(C(=O)c2cc(F)ccc2NS(C)(=O)=O)CC(C)O1. The van der Waals surface area contributed by atoms with Crippen molar-refractivity contribution in [2.45, 2.75) is 26.1 Å². The number of rotatable bonds is 3. The average molecular weight is 330 g/mol. The van der Waals surface area contributed by atoms with Gasteiger partial charge in [-0.1, -0.05) is 0 Å². The third-order valence-corrected chi connectivity index (χ3v) is 3.80. The highest BCUT2D eigenvalue weighted by Crippen LogP contribution is 2.22. The number of carbonyl (C=O) groups excluding carboxylic acids is 1. The van der Waals surface area contributed by atoms with E-state index in [1.165, 1.54) is 6.07 Å². The van der Waals surface area contributed by atoms with Gasteiger partial charge in [-0.05, 0) is 32.0 Å². The van der Waals surface area contributed by atoms with Crippen LogP contribution in [0.4, 0.5) is 10.1 Å². The zero-order chi connectivity index (χ0) is 16.5. The molecule has 122 valence electrons. The molecule has 1 amide bonds. The van der Waals surface area contributed by atoms with Gasteiger partial charge in [-0.15, -0.1) is 0 Å². The van der Waals surface area contributed by atoms with Crippen LogP contribution in [0.25, 0.3) is 0 Å². The minimum Gasteiger partial charge on any atom is -0.372 e. The van der Waals surface area contributed by atoms with E-state index in [9.17, 15) is 17.6 Å².